The van der Waals surface area contributed by atoms with Crippen molar-refractivity contribution in [3.8, 4) is 0 Å². The fourth-order valence-corrected chi connectivity index (χ4v) is 2.66. The molecule has 3 aromatic rings. The fraction of sp³-hybridized carbons (Fsp3) is 0.0714. The Morgan fingerprint density at radius 2 is 2.15 bits per heavy atom. The van der Waals surface area contributed by atoms with E-state index in [9.17, 15) is 10.1 Å². The van der Waals surface area contributed by atoms with Gasteiger partial charge in [-0.05, 0) is 39.7 Å². The number of rotatable bonds is 3. The minimum absolute atomic E-state index is 0.133. The summed E-state index contributed by atoms with van der Waals surface area (Å²) >= 11 is 3.39. The van der Waals surface area contributed by atoms with Crippen molar-refractivity contribution in [1.82, 2.24) is 9.55 Å². The van der Waals surface area contributed by atoms with Crippen molar-refractivity contribution < 1.29 is 4.92 Å². The van der Waals surface area contributed by atoms with Gasteiger partial charge in [-0.25, -0.2) is 0 Å². The highest BCUT2D eigenvalue weighted by Crippen LogP contribution is 2.26. The molecule has 0 radical (unpaired) electrons. The second kappa shape index (κ2) is 5.05. The zero-order valence-electron chi connectivity index (χ0n) is 10.4. The van der Waals surface area contributed by atoms with Gasteiger partial charge in [-0.15, -0.1) is 0 Å². The van der Waals surface area contributed by atoms with Crippen molar-refractivity contribution in [2.24, 2.45) is 0 Å². The smallest absolute Gasteiger partial charge is 0.278 e. The summed E-state index contributed by atoms with van der Waals surface area (Å²) in [6.45, 7) is 0.622. The first-order valence-electron chi connectivity index (χ1n) is 5.97. The summed E-state index contributed by atoms with van der Waals surface area (Å²) in [6, 6.07) is 8.87. The highest BCUT2D eigenvalue weighted by Gasteiger charge is 2.13. The minimum atomic E-state index is -0.354. The second-order valence-corrected chi connectivity index (χ2v) is 5.34. The van der Waals surface area contributed by atoms with E-state index in [1.165, 1.54) is 6.07 Å². The van der Waals surface area contributed by atoms with Crippen LogP contribution in [0.4, 0.5) is 5.69 Å². The van der Waals surface area contributed by atoms with Crippen LogP contribution in [0.2, 0.25) is 0 Å². The molecule has 0 saturated carbocycles. The molecule has 0 spiro atoms. The van der Waals surface area contributed by atoms with Crippen molar-refractivity contribution in [3.63, 3.8) is 0 Å². The van der Waals surface area contributed by atoms with Crippen LogP contribution in [0.25, 0.3) is 10.9 Å². The summed E-state index contributed by atoms with van der Waals surface area (Å²) in [6.07, 6.45) is 5.37. The molecule has 100 valence electrons. The number of halogens is 1. The molecule has 1 aromatic carbocycles. The molecule has 2 heterocycles. The number of benzene rings is 1. The SMILES string of the molecule is O=[N+]([O-])c1cccc2c1ccn2Cc1cncc(Br)c1. The molecular weight excluding hydrogens is 322 g/mol. The van der Waals surface area contributed by atoms with Crippen LogP contribution in [0.1, 0.15) is 5.56 Å². The molecule has 0 N–H and O–H groups in total. The van der Waals surface area contributed by atoms with Crippen molar-refractivity contribution in [2.75, 3.05) is 0 Å². The molecule has 0 unspecified atom stereocenters. The van der Waals surface area contributed by atoms with Crippen LogP contribution >= 0.6 is 15.9 Å². The van der Waals surface area contributed by atoms with Gasteiger partial charge in [-0.1, -0.05) is 6.07 Å². The lowest BCUT2D eigenvalue weighted by Crippen LogP contribution is -1.98. The quantitative estimate of drug-likeness (QED) is 0.542. The summed E-state index contributed by atoms with van der Waals surface area (Å²) in [5.41, 5.74) is 2.01. The number of nitro benzene ring substituents is 1. The molecule has 3 rings (SSSR count). The average molecular weight is 332 g/mol. The van der Waals surface area contributed by atoms with Crippen molar-refractivity contribution in [3.05, 3.63) is 69.1 Å². The highest BCUT2D eigenvalue weighted by molar-refractivity contribution is 9.10. The first-order valence-corrected chi connectivity index (χ1v) is 6.76. The lowest BCUT2D eigenvalue weighted by Gasteiger charge is -2.05. The third-order valence-corrected chi connectivity index (χ3v) is 3.54. The van der Waals surface area contributed by atoms with Crippen LogP contribution in [0.5, 0.6) is 0 Å². The fourth-order valence-electron chi connectivity index (χ4n) is 2.24. The van der Waals surface area contributed by atoms with E-state index in [0.29, 0.717) is 11.9 Å². The molecule has 5 nitrogen and oxygen atoms in total. The van der Waals surface area contributed by atoms with Gasteiger partial charge < -0.3 is 4.57 Å². The number of nitrogens with zero attached hydrogens (tertiary/aromatic N) is 3. The summed E-state index contributed by atoms with van der Waals surface area (Å²) in [5.74, 6) is 0. The summed E-state index contributed by atoms with van der Waals surface area (Å²) in [4.78, 5) is 14.8. The Bertz CT molecular complexity index is 798. The van der Waals surface area contributed by atoms with Gasteiger partial charge in [0.2, 0.25) is 0 Å². The van der Waals surface area contributed by atoms with Gasteiger partial charge >= 0.3 is 0 Å². The van der Waals surface area contributed by atoms with Gasteiger partial charge in [0.15, 0.2) is 0 Å². The molecule has 0 aliphatic rings. The van der Waals surface area contributed by atoms with Crippen LogP contribution in [0.15, 0.2) is 53.4 Å². The van der Waals surface area contributed by atoms with Crippen molar-refractivity contribution in [1.29, 1.82) is 0 Å². The third-order valence-electron chi connectivity index (χ3n) is 3.10. The first kappa shape index (κ1) is 12.8. The predicted molar refractivity (Wildman–Crippen MR) is 79.6 cm³/mol. The van der Waals surface area contributed by atoms with E-state index in [0.717, 1.165) is 15.6 Å². The van der Waals surface area contributed by atoms with Gasteiger partial charge in [0, 0.05) is 35.7 Å². The molecular formula is C14H10BrN3O2. The first-order chi connectivity index (χ1) is 9.65. The number of non-ortho nitro benzene ring substituents is 1. The maximum atomic E-state index is 11.0. The van der Waals surface area contributed by atoms with Gasteiger partial charge in [0.1, 0.15) is 0 Å². The average Bonchev–Trinajstić information content (AvgIpc) is 2.82. The standard InChI is InChI=1S/C14H10BrN3O2/c15-11-6-10(7-16-8-11)9-17-5-4-12-13(17)2-1-3-14(12)18(19)20/h1-8H,9H2. The predicted octanol–water partition coefficient (Wildman–Crippen LogP) is 3.76. The topological polar surface area (TPSA) is 61.0 Å². The summed E-state index contributed by atoms with van der Waals surface area (Å²) < 4.78 is 2.89. The monoisotopic (exact) mass is 331 g/mol. The van der Waals surface area contributed by atoms with E-state index in [4.69, 9.17) is 0 Å². The lowest BCUT2D eigenvalue weighted by atomic mass is 10.2. The number of pyridine rings is 1. The zero-order valence-corrected chi connectivity index (χ0v) is 11.9. The molecule has 20 heavy (non-hydrogen) atoms. The normalized spacial score (nSPS) is 10.8. The lowest BCUT2D eigenvalue weighted by molar-refractivity contribution is -0.383. The maximum absolute atomic E-state index is 11.0. The molecule has 2 aromatic heterocycles. The molecule has 0 atom stereocenters. The second-order valence-electron chi connectivity index (χ2n) is 4.42. The van der Waals surface area contributed by atoms with Crippen LogP contribution in [-0.4, -0.2) is 14.5 Å². The van der Waals surface area contributed by atoms with E-state index < -0.39 is 0 Å². The Kier molecular flexibility index (Phi) is 3.23. The highest BCUT2D eigenvalue weighted by atomic mass is 79.9. The van der Waals surface area contributed by atoms with Gasteiger partial charge in [0.05, 0.1) is 15.8 Å². The molecule has 0 aliphatic carbocycles. The number of hydrogen-bond donors (Lipinski definition) is 0. The molecule has 6 heteroatoms. The Morgan fingerprint density at radius 3 is 2.90 bits per heavy atom. The molecule has 0 bridgehead atoms. The van der Waals surface area contributed by atoms with E-state index >= 15 is 0 Å². The molecule has 0 fully saturated rings. The van der Waals surface area contributed by atoms with E-state index in [1.807, 2.05) is 22.9 Å². The number of fused-ring (bicyclic) bond motifs is 1. The van der Waals surface area contributed by atoms with Gasteiger partial charge in [-0.2, -0.15) is 0 Å². The van der Waals surface area contributed by atoms with Gasteiger partial charge in [-0.3, -0.25) is 15.1 Å². The van der Waals surface area contributed by atoms with Gasteiger partial charge in [0.25, 0.3) is 5.69 Å². The molecule has 0 saturated heterocycles. The molecule has 0 aliphatic heterocycles. The Labute approximate surface area is 123 Å². The van der Waals surface area contributed by atoms with Crippen LogP contribution < -0.4 is 0 Å². The van der Waals surface area contributed by atoms with E-state index in [2.05, 4.69) is 20.9 Å². The zero-order chi connectivity index (χ0) is 14.1. The number of aromatic nitrogens is 2. The Hall–Kier alpha value is -2.21. The summed E-state index contributed by atoms with van der Waals surface area (Å²) in [5, 5.41) is 11.7. The van der Waals surface area contributed by atoms with Crippen molar-refractivity contribution in [2.45, 2.75) is 6.54 Å². The van der Waals surface area contributed by atoms with Crippen molar-refractivity contribution >= 4 is 32.5 Å². The van der Waals surface area contributed by atoms with Crippen LogP contribution in [0.3, 0.4) is 0 Å². The summed E-state index contributed by atoms with van der Waals surface area (Å²) in [7, 11) is 0. The largest absolute Gasteiger partial charge is 0.343 e. The number of nitro groups is 1. The van der Waals surface area contributed by atoms with E-state index in [1.54, 1.807) is 24.5 Å². The number of hydrogen-bond acceptors (Lipinski definition) is 3. The third kappa shape index (κ3) is 2.30. The van der Waals surface area contributed by atoms with E-state index in [-0.39, 0.29) is 10.6 Å². The minimum Gasteiger partial charge on any atom is -0.343 e. The maximum Gasteiger partial charge on any atom is 0.278 e. The van der Waals surface area contributed by atoms with Crippen LogP contribution in [-0.2, 0) is 6.54 Å². The van der Waals surface area contributed by atoms with Crippen LogP contribution in [0, 0.1) is 10.1 Å². The molecule has 0 amide bonds. The Morgan fingerprint density at radius 1 is 1.30 bits per heavy atom. The Balaban J connectivity index is 2.05.